The summed E-state index contributed by atoms with van der Waals surface area (Å²) in [5, 5.41) is 3.56. The summed E-state index contributed by atoms with van der Waals surface area (Å²) in [5.74, 6) is -0.771. The highest BCUT2D eigenvalue weighted by Gasteiger charge is 2.27. The van der Waals surface area contributed by atoms with Gasteiger partial charge in [0.25, 0.3) is 5.91 Å². The van der Waals surface area contributed by atoms with E-state index < -0.39 is 5.82 Å². The van der Waals surface area contributed by atoms with Crippen molar-refractivity contribution in [2.24, 2.45) is 0 Å². The van der Waals surface area contributed by atoms with Crippen LogP contribution in [0.25, 0.3) is 10.9 Å². The lowest BCUT2D eigenvalue weighted by Gasteiger charge is -2.30. The number of rotatable bonds is 3. The Kier molecular flexibility index (Phi) is 4.31. The summed E-state index contributed by atoms with van der Waals surface area (Å²) in [4.78, 5) is 16.5. The van der Waals surface area contributed by atoms with E-state index in [9.17, 15) is 9.18 Å². The van der Waals surface area contributed by atoms with Crippen molar-refractivity contribution in [1.82, 2.24) is 10.3 Å². The van der Waals surface area contributed by atoms with Gasteiger partial charge in [-0.2, -0.15) is 0 Å². The van der Waals surface area contributed by atoms with Gasteiger partial charge in [0.15, 0.2) is 0 Å². The molecule has 22 heavy (non-hydrogen) atoms. The number of carbonyl (C=O) groups excluding carboxylic acids is 1. The van der Waals surface area contributed by atoms with Gasteiger partial charge in [-0.05, 0) is 18.6 Å². The van der Waals surface area contributed by atoms with Crippen LogP contribution in [0.4, 0.5) is 4.39 Å². The monoisotopic (exact) mass is 304 g/mol. The molecular weight excluding hydrogens is 287 g/mol. The van der Waals surface area contributed by atoms with Crippen LogP contribution in [0.1, 0.15) is 16.9 Å². The van der Waals surface area contributed by atoms with Gasteiger partial charge in [-0.15, -0.1) is 0 Å². The first-order valence-corrected chi connectivity index (χ1v) is 7.15. The Morgan fingerprint density at radius 1 is 1.41 bits per heavy atom. The second-order valence-electron chi connectivity index (χ2n) is 5.23. The number of aromatic nitrogens is 1. The average molecular weight is 304 g/mol. The molecule has 1 fully saturated rings. The van der Waals surface area contributed by atoms with Crippen molar-refractivity contribution in [3.63, 3.8) is 0 Å². The molecule has 0 saturated carbocycles. The maximum atomic E-state index is 13.8. The molecule has 0 bridgehead atoms. The number of nitrogens with one attached hydrogen (secondary N) is 1. The summed E-state index contributed by atoms with van der Waals surface area (Å²) >= 11 is 0. The first-order chi connectivity index (χ1) is 10.7. The highest BCUT2D eigenvalue weighted by molar-refractivity contribution is 5.95. The third kappa shape index (κ3) is 2.93. The van der Waals surface area contributed by atoms with Gasteiger partial charge < -0.3 is 14.8 Å². The zero-order valence-electron chi connectivity index (χ0n) is 12.2. The van der Waals surface area contributed by atoms with Crippen molar-refractivity contribution in [2.75, 3.05) is 20.3 Å². The first-order valence-electron chi connectivity index (χ1n) is 7.15. The molecule has 2 atom stereocenters. The van der Waals surface area contributed by atoms with E-state index in [4.69, 9.17) is 9.47 Å². The summed E-state index contributed by atoms with van der Waals surface area (Å²) in [6, 6.07) is 7.85. The van der Waals surface area contributed by atoms with Gasteiger partial charge >= 0.3 is 0 Å². The number of nitrogens with zero attached hydrogens (tertiary/aromatic N) is 1. The fourth-order valence-corrected chi connectivity index (χ4v) is 2.59. The van der Waals surface area contributed by atoms with E-state index in [1.807, 2.05) is 0 Å². The number of para-hydroxylation sites is 1. The molecule has 2 heterocycles. The van der Waals surface area contributed by atoms with Crippen molar-refractivity contribution < 1.29 is 18.7 Å². The summed E-state index contributed by atoms with van der Waals surface area (Å²) in [6.45, 7) is 1.02. The number of ether oxygens (including phenoxy) is 2. The largest absolute Gasteiger partial charge is 0.379 e. The fraction of sp³-hybridized carbons (Fsp3) is 0.375. The minimum atomic E-state index is -0.437. The second kappa shape index (κ2) is 6.37. The number of amides is 1. The van der Waals surface area contributed by atoms with Gasteiger partial charge in [-0.1, -0.05) is 18.2 Å². The maximum Gasteiger partial charge on any atom is 0.270 e. The molecule has 5 nitrogen and oxygen atoms in total. The molecule has 0 radical (unpaired) electrons. The molecule has 1 aliphatic rings. The topological polar surface area (TPSA) is 60.5 Å². The summed E-state index contributed by atoms with van der Waals surface area (Å²) < 4.78 is 24.4. The average Bonchev–Trinajstić information content (AvgIpc) is 2.55. The highest BCUT2D eigenvalue weighted by atomic mass is 19.1. The predicted octanol–water partition coefficient (Wildman–Crippen LogP) is 1.91. The van der Waals surface area contributed by atoms with Crippen LogP contribution < -0.4 is 5.32 Å². The van der Waals surface area contributed by atoms with Crippen LogP contribution in [0.5, 0.6) is 0 Å². The van der Waals surface area contributed by atoms with E-state index in [1.54, 1.807) is 31.4 Å². The fourth-order valence-electron chi connectivity index (χ4n) is 2.59. The Balaban J connectivity index is 1.81. The standard InChI is InChI=1S/C16H17FN2O3/c1-21-14-9-22-8-7-12(14)19-16(20)13-6-5-10-3-2-4-11(17)15(10)18-13/h2-6,12,14H,7-9H2,1H3,(H,19,20)/t12-,14-/m1/s1. The van der Waals surface area contributed by atoms with Crippen molar-refractivity contribution in [3.8, 4) is 0 Å². The van der Waals surface area contributed by atoms with Crippen LogP contribution in [0.2, 0.25) is 0 Å². The lowest BCUT2D eigenvalue weighted by atomic mass is 10.1. The van der Waals surface area contributed by atoms with E-state index in [1.165, 1.54) is 6.07 Å². The van der Waals surface area contributed by atoms with Crippen molar-refractivity contribution in [3.05, 3.63) is 41.8 Å². The molecule has 1 N–H and O–H groups in total. The minimum absolute atomic E-state index is 0.135. The van der Waals surface area contributed by atoms with Crippen molar-refractivity contribution in [1.29, 1.82) is 0 Å². The van der Waals surface area contributed by atoms with Crippen molar-refractivity contribution in [2.45, 2.75) is 18.6 Å². The molecule has 3 rings (SSSR count). The lowest BCUT2D eigenvalue weighted by molar-refractivity contribution is -0.0479. The zero-order valence-corrected chi connectivity index (χ0v) is 12.2. The molecule has 1 amide bonds. The van der Waals surface area contributed by atoms with E-state index in [2.05, 4.69) is 10.3 Å². The van der Waals surface area contributed by atoms with Gasteiger partial charge in [-0.25, -0.2) is 9.37 Å². The number of benzene rings is 1. The first kappa shape index (κ1) is 14.9. The minimum Gasteiger partial charge on any atom is -0.379 e. The number of hydrogen-bond acceptors (Lipinski definition) is 4. The van der Waals surface area contributed by atoms with Crippen LogP contribution in [0.15, 0.2) is 30.3 Å². The quantitative estimate of drug-likeness (QED) is 0.941. The third-order valence-electron chi connectivity index (χ3n) is 3.83. The Bertz CT molecular complexity index is 692. The summed E-state index contributed by atoms with van der Waals surface area (Å²) in [5.41, 5.74) is 0.393. The number of pyridine rings is 1. The Morgan fingerprint density at radius 2 is 2.27 bits per heavy atom. The van der Waals surface area contributed by atoms with E-state index in [0.717, 1.165) is 0 Å². The molecular formula is C16H17FN2O3. The zero-order chi connectivity index (χ0) is 15.5. The number of methoxy groups -OCH3 is 1. The van der Waals surface area contributed by atoms with Gasteiger partial charge in [0.2, 0.25) is 0 Å². The van der Waals surface area contributed by atoms with E-state index >= 15 is 0 Å². The van der Waals surface area contributed by atoms with Crippen LogP contribution in [0.3, 0.4) is 0 Å². The van der Waals surface area contributed by atoms with Crippen molar-refractivity contribution >= 4 is 16.8 Å². The molecule has 2 aromatic rings. The normalized spacial score (nSPS) is 21.7. The molecule has 1 aromatic heterocycles. The van der Waals surface area contributed by atoms with Crippen LogP contribution >= 0.6 is 0 Å². The Morgan fingerprint density at radius 3 is 3.09 bits per heavy atom. The Labute approximate surface area is 127 Å². The third-order valence-corrected chi connectivity index (χ3v) is 3.83. The summed E-state index contributed by atoms with van der Waals surface area (Å²) in [6.07, 6.45) is 0.488. The number of hydrogen-bond donors (Lipinski definition) is 1. The smallest absolute Gasteiger partial charge is 0.270 e. The Hall–Kier alpha value is -2.05. The van der Waals surface area contributed by atoms with E-state index in [-0.39, 0.29) is 29.3 Å². The van der Waals surface area contributed by atoms with E-state index in [0.29, 0.717) is 25.0 Å². The second-order valence-corrected chi connectivity index (χ2v) is 5.23. The molecule has 1 aromatic carbocycles. The molecule has 116 valence electrons. The molecule has 0 aliphatic carbocycles. The highest BCUT2D eigenvalue weighted by Crippen LogP contribution is 2.17. The SMILES string of the molecule is CO[C@@H]1COCC[C@H]1NC(=O)c1ccc2cccc(F)c2n1. The van der Waals surface area contributed by atoms with Gasteiger partial charge in [-0.3, -0.25) is 4.79 Å². The maximum absolute atomic E-state index is 13.8. The molecule has 0 spiro atoms. The van der Waals surface area contributed by atoms with Gasteiger partial charge in [0, 0.05) is 19.1 Å². The molecule has 1 saturated heterocycles. The van der Waals surface area contributed by atoms with Crippen LogP contribution in [-0.4, -0.2) is 43.4 Å². The molecule has 6 heteroatoms. The molecule has 0 unspecified atom stereocenters. The van der Waals surface area contributed by atoms with Gasteiger partial charge in [0.1, 0.15) is 23.1 Å². The summed E-state index contributed by atoms with van der Waals surface area (Å²) in [7, 11) is 1.59. The van der Waals surface area contributed by atoms with Crippen LogP contribution in [-0.2, 0) is 9.47 Å². The lowest BCUT2D eigenvalue weighted by Crippen LogP contribution is -2.49. The number of fused-ring (bicyclic) bond motifs is 1. The van der Waals surface area contributed by atoms with Gasteiger partial charge in [0.05, 0.1) is 12.6 Å². The molecule has 1 aliphatic heterocycles. The number of halogens is 1. The van der Waals surface area contributed by atoms with Crippen LogP contribution in [0, 0.1) is 5.82 Å². The predicted molar refractivity (Wildman–Crippen MR) is 79.2 cm³/mol. The number of carbonyl (C=O) groups is 1.